The van der Waals surface area contributed by atoms with E-state index in [2.05, 4.69) is 15.3 Å². The first kappa shape index (κ1) is 32.0. The summed E-state index contributed by atoms with van der Waals surface area (Å²) >= 11 is 1.27. The number of piperidine rings is 1. The Morgan fingerprint density at radius 1 is 1.18 bits per heavy atom. The van der Waals surface area contributed by atoms with Crippen molar-refractivity contribution < 1.29 is 31.5 Å². The van der Waals surface area contributed by atoms with Gasteiger partial charge in [-0.2, -0.15) is 13.2 Å². The van der Waals surface area contributed by atoms with Crippen LogP contribution in [0.3, 0.4) is 0 Å². The molecule has 2 aromatic heterocycles. The van der Waals surface area contributed by atoms with E-state index in [9.17, 15) is 31.5 Å². The number of anilines is 1. The normalized spacial score (nSPS) is 18.3. The van der Waals surface area contributed by atoms with Crippen molar-refractivity contribution in [3.63, 3.8) is 0 Å². The number of amides is 2. The van der Waals surface area contributed by atoms with Gasteiger partial charge in [0.05, 0.1) is 17.8 Å². The van der Waals surface area contributed by atoms with E-state index in [4.69, 9.17) is 0 Å². The van der Waals surface area contributed by atoms with Crippen LogP contribution in [0.4, 0.5) is 27.1 Å². The zero-order chi connectivity index (χ0) is 31.5. The SMILES string of the molecule is CN(C(=O)CC(CCN1CCCC(F)(F)C1)NC(=O)c1cn(-c2ccccc2C(F)(F)F)c(C2CCCC2)n1)c1nccs1. The second-order valence-electron chi connectivity index (χ2n) is 11.5. The van der Waals surface area contributed by atoms with Crippen molar-refractivity contribution in [2.75, 3.05) is 31.6 Å². The number of likely N-dealkylation sites (tertiary alicyclic amines) is 1. The molecule has 3 heterocycles. The number of halogens is 5. The maximum atomic E-state index is 14.0. The van der Waals surface area contributed by atoms with Crippen molar-refractivity contribution in [2.45, 2.75) is 75.4 Å². The number of carbonyl (C=O) groups is 2. The summed E-state index contributed by atoms with van der Waals surface area (Å²) in [7, 11) is 1.57. The van der Waals surface area contributed by atoms with Gasteiger partial charge in [0.2, 0.25) is 5.91 Å². The summed E-state index contributed by atoms with van der Waals surface area (Å²) < 4.78 is 71.3. The molecule has 2 amide bonds. The number of hydrogen-bond acceptors (Lipinski definition) is 6. The molecule has 0 radical (unpaired) electrons. The molecular weight excluding hydrogens is 603 g/mol. The van der Waals surface area contributed by atoms with E-state index in [0.717, 1.165) is 31.7 Å². The van der Waals surface area contributed by atoms with E-state index in [-0.39, 0.29) is 49.0 Å². The summed E-state index contributed by atoms with van der Waals surface area (Å²) in [5, 5.41) is 5.03. The van der Waals surface area contributed by atoms with E-state index in [1.807, 2.05) is 0 Å². The molecule has 1 saturated heterocycles. The van der Waals surface area contributed by atoms with Gasteiger partial charge in [-0.3, -0.25) is 19.4 Å². The van der Waals surface area contributed by atoms with Gasteiger partial charge in [0, 0.05) is 56.2 Å². The lowest BCUT2D eigenvalue weighted by atomic mass is 10.0. The quantitative estimate of drug-likeness (QED) is 0.265. The van der Waals surface area contributed by atoms with Crippen molar-refractivity contribution >= 4 is 28.3 Å². The Morgan fingerprint density at radius 2 is 1.93 bits per heavy atom. The number of hydrogen-bond donors (Lipinski definition) is 1. The Hall–Kier alpha value is -3.39. The number of rotatable bonds is 10. The van der Waals surface area contributed by atoms with E-state index in [0.29, 0.717) is 23.9 Å². The Kier molecular flexibility index (Phi) is 9.68. The molecule has 0 spiro atoms. The number of alkyl halides is 5. The molecule has 1 aromatic carbocycles. The van der Waals surface area contributed by atoms with Crippen LogP contribution in [0.2, 0.25) is 0 Å². The highest BCUT2D eigenvalue weighted by atomic mass is 32.1. The molecule has 1 saturated carbocycles. The van der Waals surface area contributed by atoms with Crippen LogP contribution in [0, 0.1) is 0 Å². The number of imidazole rings is 1. The van der Waals surface area contributed by atoms with Crippen molar-refractivity contribution in [3.05, 3.63) is 59.1 Å². The lowest BCUT2D eigenvalue weighted by molar-refractivity contribution is -0.137. The van der Waals surface area contributed by atoms with Crippen LogP contribution in [0.25, 0.3) is 5.69 Å². The minimum atomic E-state index is -4.61. The Bertz CT molecular complexity index is 1440. The predicted molar refractivity (Wildman–Crippen MR) is 156 cm³/mol. The fourth-order valence-corrected chi connectivity index (χ4v) is 6.61. The fraction of sp³-hybridized carbons (Fsp3) is 0.533. The van der Waals surface area contributed by atoms with Crippen molar-refractivity contribution in [1.82, 2.24) is 24.8 Å². The Morgan fingerprint density at radius 3 is 2.61 bits per heavy atom. The minimum absolute atomic E-state index is 0.0703. The smallest absolute Gasteiger partial charge is 0.347 e. The molecule has 14 heteroatoms. The van der Waals surface area contributed by atoms with Crippen molar-refractivity contribution in [2.24, 2.45) is 0 Å². The van der Waals surface area contributed by atoms with Crippen LogP contribution in [0.5, 0.6) is 0 Å². The second-order valence-corrected chi connectivity index (χ2v) is 12.4. The van der Waals surface area contributed by atoms with Crippen LogP contribution >= 0.6 is 11.3 Å². The molecule has 2 aliphatic rings. The molecule has 44 heavy (non-hydrogen) atoms. The topological polar surface area (TPSA) is 83.4 Å². The predicted octanol–water partition coefficient (Wildman–Crippen LogP) is 6.28. The largest absolute Gasteiger partial charge is 0.418 e. The van der Waals surface area contributed by atoms with Gasteiger partial charge in [-0.15, -0.1) is 11.3 Å². The van der Waals surface area contributed by atoms with E-state index in [1.165, 1.54) is 45.2 Å². The Labute approximate surface area is 256 Å². The maximum absolute atomic E-state index is 14.0. The molecular formula is C30H35F5N6O2S. The molecule has 5 rings (SSSR count). The van der Waals surface area contributed by atoms with E-state index in [1.54, 1.807) is 23.5 Å². The summed E-state index contributed by atoms with van der Waals surface area (Å²) in [6, 6.07) is 4.44. The van der Waals surface area contributed by atoms with Crippen LogP contribution in [0.1, 0.15) is 79.2 Å². The number of nitrogens with one attached hydrogen (secondary N) is 1. The average molecular weight is 639 g/mol. The number of aromatic nitrogens is 3. The lowest BCUT2D eigenvalue weighted by Gasteiger charge is -2.33. The van der Waals surface area contributed by atoms with Gasteiger partial charge >= 0.3 is 6.18 Å². The van der Waals surface area contributed by atoms with Gasteiger partial charge < -0.3 is 9.88 Å². The monoisotopic (exact) mass is 638 g/mol. The average Bonchev–Trinajstić information content (AvgIpc) is 3.76. The molecule has 0 bridgehead atoms. The molecule has 3 aromatic rings. The van der Waals surface area contributed by atoms with E-state index < -0.39 is 36.2 Å². The highest BCUT2D eigenvalue weighted by Gasteiger charge is 2.37. The molecule has 1 atom stereocenters. The van der Waals surface area contributed by atoms with Gasteiger partial charge in [-0.1, -0.05) is 25.0 Å². The van der Waals surface area contributed by atoms with Crippen molar-refractivity contribution in [1.29, 1.82) is 0 Å². The van der Waals surface area contributed by atoms with Gasteiger partial charge in [0.1, 0.15) is 11.5 Å². The zero-order valence-corrected chi connectivity index (χ0v) is 25.1. The van der Waals surface area contributed by atoms with Crippen LogP contribution < -0.4 is 10.2 Å². The minimum Gasteiger partial charge on any atom is -0.347 e. The zero-order valence-electron chi connectivity index (χ0n) is 24.3. The highest BCUT2D eigenvalue weighted by molar-refractivity contribution is 7.13. The third-order valence-electron chi connectivity index (χ3n) is 8.26. The van der Waals surface area contributed by atoms with Crippen molar-refractivity contribution in [3.8, 4) is 5.69 Å². The number of para-hydroxylation sites is 1. The first-order valence-electron chi connectivity index (χ1n) is 14.7. The standard InChI is InChI=1S/C30H35F5N6O2S/c1-39(28-36-13-16-44-28)25(42)17-21(11-15-40-14-6-12-29(31,32)19-40)37-27(43)23-18-41(26(38-23)20-7-2-3-8-20)24-10-5-4-9-22(24)30(33,34)35/h4-5,9-10,13,16,18,20-21H,2-3,6-8,11-12,14-15,17,19H2,1H3,(H,37,43). The molecule has 1 unspecified atom stereocenters. The van der Waals surface area contributed by atoms with Gasteiger partial charge in [-0.05, 0) is 44.4 Å². The summed E-state index contributed by atoms with van der Waals surface area (Å²) in [4.78, 5) is 38.4. The summed E-state index contributed by atoms with van der Waals surface area (Å²) in [5.41, 5.74) is -1.02. The summed E-state index contributed by atoms with van der Waals surface area (Å²) in [5.74, 6) is -3.50. The Balaban J connectivity index is 1.40. The lowest BCUT2D eigenvalue weighted by Crippen LogP contribution is -2.46. The van der Waals surface area contributed by atoms with Gasteiger partial charge in [0.25, 0.3) is 11.8 Å². The highest BCUT2D eigenvalue weighted by Crippen LogP contribution is 2.38. The summed E-state index contributed by atoms with van der Waals surface area (Å²) in [6.07, 6.45) is 1.83. The van der Waals surface area contributed by atoms with Gasteiger partial charge in [0.15, 0.2) is 5.13 Å². The van der Waals surface area contributed by atoms with Crippen LogP contribution in [-0.4, -0.2) is 69.9 Å². The third-order valence-corrected chi connectivity index (χ3v) is 9.11. The molecule has 2 fully saturated rings. The maximum Gasteiger partial charge on any atom is 0.418 e. The summed E-state index contributed by atoms with van der Waals surface area (Å²) in [6.45, 7) is 0.320. The van der Waals surface area contributed by atoms with Crippen LogP contribution in [-0.2, 0) is 11.0 Å². The van der Waals surface area contributed by atoms with E-state index >= 15 is 0 Å². The first-order chi connectivity index (χ1) is 20.9. The molecule has 238 valence electrons. The second kappa shape index (κ2) is 13.3. The molecule has 1 aliphatic heterocycles. The third kappa shape index (κ3) is 7.63. The molecule has 1 aliphatic carbocycles. The van der Waals surface area contributed by atoms with Crippen LogP contribution in [0.15, 0.2) is 42.0 Å². The first-order valence-corrected chi connectivity index (χ1v) is 15.6. The molecule has 1 N–H and O–H groups in total. The number of benzene rings is 1. The molecule has 8 nitrogen and oxygen atoms in total. The number of carbonyl (C=O) groups excluding carboxylic acids is 2. The number of nitrogens with zero attached hydrogens (tertiary/aromatic N) is 5. The fourth-order valence-electron chi connectivity index (χ4n) is 5.99. The number of thiazole rings is 1. The van der Waals surface area contributed by atoms with Gasteiger partial charge in [-0.25, -0.2) is 18.7 Å².